The predicted molar refractivity (Wildman–Crippen MR) is 178 cm³/mol. The Balaban J connectivity index is 1.44. The van der Waals surface area contributed by atoms with Crippen LogP contribution in [-0.4, -0.2) is 8.32 Å². The maximum atomic E-state index is 6.96. The van der Waals surface area contributed by atoms with Gasteiger partial charge in [0.05, 0.1) is 10.1 Å². The van der Waals surface area contributed by atoms with Crippen LogP contribution in [-0.2, 0) is 6.61 Å². The van der Waals surface area contributed by atoms with Crippen molar-refractivity contribution >= 4 is 20.1 Å². The summed E-state index contributed by atoms with van der Waals surface area (Å²) >= 11 is 1.86. The maximum Gasteiger partial charge on any atom is 0.258 e. The zero-order chi connectivity index (χ0) is 29.9. The molecule has 0 fully saturated rings. The maximum absolute atomic E-state index is 6.96. The second-order valence-corrected chi connectivity index (χ2v) is 18.9. The Morgan fingerprint density at radius 2 is 1.31 bits per heavy atom. The summed E-state index contributed by atoms with van der Waals surface area (Å²) in [5.41, 5.74) is 6.22. The van der Waals surface area contributed by atoms with Gasteiger partial charge >= 0.3 is 0 Å². The number of hydrogen-bond acceptors (Lipinski definition) is 4. The van der Waals surface area contributed by atoms with Crippen molar-refractivity contribution in [1.82, 2.24) is 0 Å². The fraction of sp³-hybridized carbons (Fsp3) is 0.351. The minimum absolute atomic E-state index is 0.102. The molecule has 0 amide bonds. The smallest absolute Gasteiger partial charge is 0.258 e. The van der Waals surface area contributed by atoms with Gasteiger partial charge in [0, 0.05) is 0 Å². The first kappa shape index (κ1) is 30.3. The minimum Gasteiger partial charge on any atom is -0.543 e. The van der Waals surface area contributed by atoms with Crippen LogP contribution < -0.4 is 13.9 Å². The minimum atomic E-state index is -2.03. The van der Waals surface area contributed by atoms with Crippen molar-refractivity contribution in [1.29, 1.82) is 0 Å². The van der Waals surface area contributed by atoms with Gasteiger partial charge in [-0.15, -0.1) is 11.8 Å². The van der Waals surface area contributed by atoms with Crippen LogP contribution in [0.1, 0.15) is 75.2 Å². The van der Waals surface area contributed by atoms with Crippen LogP contribution in [0, 0.1) is 6.92 Å². The van der Waals surface area contributed by atoms with Crippen molar-refractivity contribution in [2.24, 2.45) is 0 Å². The van der Waals surface area contributed by atoms with E-state index in [1.165, 1.54) is 5.56 Å². The van der Waals surface area contributed by atoms with E-state index in [-0.39, 0.29) is 11.4 Å². The molecule has 0 spiro atoms. The van der Waals surface area contributed by atoms with Crippen LogP contribution in [0.4, 0.5) is 0 Å². The number of ether oxygens (including phenoxy) is 2. The van der Waals surface area contributed by atoms with Crippen LogP contribution in [0.3, 0.4) is 0 Å². The zero-order valence-corrected chi connectivity index (χ0v) is 27.8. The summed E-state index contributed by atoms with van der Waals surface area (Å²) in [6, 6.07) is 33.9. The summed E-state index contributed by atoms with van der Waals surface area (Å²) in [5.74, 6) is 2.78. The van der Waals surface area contributed by atoms with E-state index in [1.807, 2.05) is 30.0 Å². The lowest BCUT2D eigenvalue weighted by molar-refractivity contribution is 0.188. The van der Waals surface area contributed by atoms with Crippen molar-refractivity contribution in [3.8, 4) is 17.2 Å². The van der Waals surface area contributed by atoms with E-state index in [1.54, 1.807) is 0 Å². The molecule has 1 heterocycles. The van der Waals surface area contributed by atoms with E-state index >= 15 is 0 Å². The molecule has 1 aliphatic heterocycles. The van der Waals surface area contributed by atoms with Gasteiger partial charge < -0.3 is 13.9 Å². The van der Waals surface area contributed by atoms with E-state index in [0.717, 1.165) is 38.8 Å². The average Bonchev–Trinajstić information content (AvgIpc) is 2.99. The van der Waals surface area contributed by atoms with Crippen LogP contribution in [0.5, 0.6) is 17.2 Å². The topological polar surface area (TPSA) is 27.7 Å². The Morgan fingerprint density at radius 3 is 1.90 bits per heavy atom. The molecular formula is C37H44O3SSi. The lowest BCUT2D eigenvalue weighted by atomic mass is 10.00. The van der Waals surface area contributed by atoms with E-state index < -0.39 is 8.32 Å². The van der Waals surface area contributed by atoms with E-state index in [4.69, 9.17) is 13.9 Å². The van der Waals surface area contributed by atoms with Gasteiger partial charge in [0.2, 0.25) is 0 Å². The van der Waals surface area contributed by atoms with Gasteiger partial charge in [0.1, 0.15) is 30.0 Å². The first-order chi connectivity index (χ1) is 20.2. The van der Waals surface area contributed by atoms with Crippen molar-refractivity contribution < 1.29 is 13.9 Å². The van der Waals surface area contributed by atoms with Crippen molar-refractivity contribution in [3.63, 3.8) is 0 Å². The van der Waals surface area contributed by atoms with Crippen LogP contribution in [0.25, 0.3) is 0 Å². The highest BCUT2D eigenvalue weighted by atomic mass is 32.2. The average molecular weight is 597 g/mol. The third kappa shape index (κ3) is 6.28. The van der Waals surface area contributed by atoms with Crippen molar-refractivity contribution in [3.05, 3.63) is 119 Å². The number of hydrogen-bond donors (Lipinski definition) is 0. The molecule has 2 atom stereocenters. The summed E-state index contributed by atoms with van der Waals surface area (Å²) in [4.78, 5) is 1.12. The molecule has 4 aromatic carbocycles. The zero-order valence-electron chi connectivity index (χ0n) is 26.0. The van der Waals surface area contributed by atoms with Gasteiger partial charge in [0.25, 0.3) is 8.32 Å². The molecule has 0 unspecified atom stereocenters. The molecule has 4 aromatic rings. The molecule has 0 saturated heterocycles. The van der Waals surface area contributed by atoms with Crippen molar-refractivity contribution in [2.45, 2.75) is 87.9 Å². The lowest BCUT2D eigenvalue weighted by Crippen LogP contribution is -2.50. The Kier molecular flexibility index (Phi) is 9.39. The van der Waals surface area contributed by atoms with E-state index in [9.17, 15) is 0 Å². The number of benzene rings is 4. The second-order valence-electron chi connectivity index (χ2n) is 12.3. The largest absolute Gasteiger partial charge is 0.543 e. The Labute approximate surface area is 257 Å². The van der Waals surface area contributed by atoms with Crippen LogP contribution >= 0.6 is 11.8 Å². The summed E-state index contributed by atoms with van der Waals surface area (Å²) < 4.78 is 20.1. The highest BCUT2D eigenvalue weighted by molar-refractivity contribution is 7.99. The fourth-order valence-corrected chi connectivity index (χ4v) is 13.2. The van der Waals surface area contributed by atoms with Gasteiger partial charge in [-0.3, -0.25) is 0 Å². The SMILES string of the molecule is Cc1cc(OCc2ccccc2)cc2c1O[C@H](c1ccc(O[Si](C(C)C)(C(C)C)C(C)C)cc1)[C@H](c1ccccc1)S2. The normalized spacial score (nSPS) is 16.8. The van der Waals surface area contributed by atoms with Gasteiger partial charge in [-0.25, -0.2) is 0 Å². The van der Waals surface area contributed by atoms with Gasteiger partial charge in [-0.2, -0.15) is 0 Å². The molecule has 0 aromatic heterocycles. The molecule has 0 saturated carbocycles. The summed E-state index contributed by atoms with van der Waals surface area (Å²) in [6.45, 7) is 16.6. The third-order valence-corrected chi connectivity index (χ3v) is 15.9. The van der Waals surface area contributed by atoms with Crippen molar-refractivity contribution in [2.75, 3.05) is 0 Å². The third-order valence-electron chi connectivity index (χ3n) is 8.57. The molecule has 1 aliphatic rings. The predicted octanol–water partition coefficient (Wildman–Crippen LogP) is 11.1. The summed E-state index contributed by atoms with van der Waals surface area (Å²) in [7, 11) is -2.03. The van der Waals surface area contributed by atoms with Crippen LogP contribution in [0.15, 0.2) is 102 Å². The number of thioether (sulfide) groups is 1. The molecule has 5 heteroatoms. The number of aryl methyl sites for hydroxylation is 1. The molecule has 0 aliphatic carbocycles. The molecule has 220 valence electrons. The van der Waals surface area contributed by atoms with E-state index in [0.29, 0.717) is 23.2 Å². The Morgan fingerprint density at radius 1 is 0.714 bits per heavy atom. The second kappa shape index (κ2) is 13.0. The van der Waals surface area contributed by atoms with Gasteiger partial charge in [-0.05, 0) is 70.1 Å². The summed E-state index contributed by atoms with van der Waals surface area (Å²) in [6.07, 6.45) is -0.129. The first-order valence-corrected chi connectivity index (χ1v) is 18.2. The number of fused-ring (bicyclic) bond motifs is 1. The summed E-state index contributed by atoms with van der Waals surface area (Å²) in [5, 5.41) is 0.102. The molecule has 0 N–H and O–H groups in total. The first-order valence-electron chi connectivity index (χ1n) is 15.2. The molecule has 42 heavy (non-hydrogen) atoms. The highest BCUT2D eigenvalue weighted by Gasteiger charge is 2.47. The van der Waals surface area contributed by atoms with Gasteiger partial charge in [-0.1, -0.05) is 114 Å². The fourth-order valence-electron chi connectivity index (χ4n) is 6.57. The lowest BCUT2D eigenvalue weighted by Gasteiger charge is -2.42. The molecule has 0 radical (unpaired) electrons. The van der Waals surface area contributed by atoms with Gasteiger partial charge in [0.15, 0.2) is 0 Å². The Hall–Kier alpha value is -3.15. The van der Waals surface area contributed by atoms with Crippen LogP contribution in [0.2, 0.25) is 16.6 Å². The molecule has 5 rings (SSSR count). The molecular weight excluding hydrogens is 553 g/mol. The standard InChI is InChI=1S/C37H44O3SSi/c1-25(2)42(26(3)4,27(5)6)40-32-20-18-30(19-21-32)36-37(31-16-12-9-13-17-31)41-34-23-33(22-28(7)35(34)39-36)38-24-29-14-10-8-11-15-29/h8-23,25-27,36-37H,24H2,1-7H3/t36-,37+/m1/s1. The Bertz CT molecular complexity index is 1430. The quantitative estimate of drug-likeness (QED) is 0.170. The monoisotopic (exact) mass is 596 g/mol. The highest BCUT2D eigenvalue weighted by Crippen LogP contribution is 2.55. The molecule has 3 nitrogen and oxygen atoms in total. The van der Waals surface area contributed by atoms with E-state index in [2.05, 4.69) is 127 Å². The number of rotatable bonds is 10. The molecule has 0 bridgehead atoms.